The Morgan fingerprint density at radius 3 is 2.79 bits per heavy atom. The molecule has 0 bridgehead atoms. The third kappa shape index (κ3) is 4.47. The summed E-state index contributed by atoms with van der Waals surface area (Å²) in [6.07, 6.45) is 0.802. The van der Waals surface area contributed by atoms with Crippen molar-refractivity contribution in [1.82, 2.24) is 24.8 Å². The fourth-order valence-electron chi connectivity index (χ4n) is 3.37. The Balaban J connectivity index is 1.51. The Labute approximate surface area is 168 Å². The van der Waals surface area contributed by atoms with Gasteiger partial charge in [0.25, 0.3) is 5.56 Å². The molecular weight excluding hydrogens is 374 g/mol. The number of hydrogen-bond acceptors (Lipinski definition) is 7. The quantitative estimate of drug-likeness (QED) is 0.654. The maximum Gasteiger partial charge on any atom is 0.275 e. The molecule has 1 unspecified atom stereocenters. The topological polar surface area (TPSA) is 71.8 Å². The lowest BCUT2D eigenvalue weighted by atomic mass is 10.1. The van der Waals surface area contributed by atoms with Crippen LogP contribution in [0.15, 0.2) is 41.2 Å². The van der Waals surface area contributed by atoms with Gasteiger partial charge in [0.2, 0.25) is 4.96 Å². The molecule has 0 radical (unpaired) electrons. The predicted molar refractivity (Wildman–Crippen MR) is 110 cm³/mol. The number of aryl methyl sites for hydroxylation is 1. The second-order valence-electron chi connectivity index (χ2n) is 6.89. The molecule has 4 rings (SSSR count). The van der Waals surface area contributed by atoms with Crippen molar-refractivity contribution in [3.05, 3.63) is 63.0 Å². The molecule has 1 atom stereocenters. The van der Waals surface area contributed by atoms with E-state index < -0.39 is 0 Å². The number of nitrogens with one attached hydrogen (secondary N) is 1. The molecule has 148 valence electrons. The Kier molecular flexibility index (Phi) is 6.11. The molecule has 8 heteroatoms. The molecule has 1 saturated heterocycles. The minimum atomic E-state index is -0.123. The van der Waals surface area contributed by atoms with Gasteiger partial charge in [-0.2, -0.15) is 9.61 Å². The van der Waals surface area contributed by atoms with E-state index in [1.165, 1.54) is 21.4 Å². The van der Waals surface area contributed by atoms with Crippen LogP contribution in [0.25, 0.3) is 4.96 Å². The van der Waals surface area contributed by atoms with Crippen molar-refractivity contribution < 1.29 is 4.74 Å². The minimum absolute atomic E-state index is 0.123. The van der Waals surface area contributed by atoms with Gasteiger partial charge >= 0.3 is 0 Å². The third-order valence-corrected chi connectivity index (χ3v) is 5.97. The van der Waals surface area contributed by atoms with Crippen LogP contribution < -0.4 is 10.9 Å². The summed E-state index contributed by atoms with van der Waals surface area (Å²) in [6.45, 7) is 6.91. The van der Waals surface area contributed by atoms with E-state index in [1.54, 1.807) is 6.07 Å². The molecule has 1 aliphatic rings. The normalized spacial score (nSPS) is 16.5. The van der Waals surface area contributed by atoms with Gasteiger partial charge in [0.1, 0.15) is 5.01 Å². The molecule has 0 amide bonds. The number of nitrogens with zero attached hydrogens (tertiary/aromatic N) is 4. The molecule has 1 fully saturated rings. The Hall–Kier alpha value is -2.13. The summed E-state index contributed by atoms with van der Waals surface area (Å²) in [5.74, 6) is 0. The van der Waals surface area contributed by atoms with Crippen molar-refractivity contribution in [2.24, 2.45) is 0 Å². The molecular formula is C20H25N5O2S. The smallest absolute Gasteiger partial charge is 0.275 e. The van der Waals surface area contributed by atoms with E-state index in [0.717, 1.165) is 50.0 Å². The fourth-order valence-corrected chi connectivity index (χ4v) is 4.23. The molecule has 2 aromatic heterocycles. The van der Waals surface area contributed by atoms with Gasteiger partial charge in [-0.3, -0.25) is 9.69 Å². The van der Waals surface area contributed by atoms with Crippen LogP contribution in [0, 0.1) is 0 Å². The van der Waals surface area contributed by atoms with Gasteiger partial charge in [-0.05, 0) is 12.0 Å². The van der Waals surface area contributed by atoms with Crippen LogP contribution in [-0.4, -0.2) is 52.3 Å². The fraction of sp³-hybridized carbons (Fsp3) is 0.450. The van der Waals surface area contributed by atoms with Gasteiger partial charge in [-0.1, -0.05) is 48.6 Å². The van der Waals surface area contributed by atoms with E-state index in [4.69, 9.17) is 4.74 Å². The summed E-state index contributed by atoms with van der Waals surface area (Å²) in [4.78, 5) is 20.1. The van der Waals surface area contributed by atoms with E-state index in [0.29, 0.717) is 11.5 Å². The first kappa shape index (κ1) is 19.2. The SMILES string of the molecule is CCc1nn2c(=O)cc(CNC(CN3CCOCC3)c3ccccc3)nc2s1. The average molecular weight is 400 g/mol. The van der Waals surface area contributed by atoms with Gasteiger partial charge in [0.15, 0.2) is 0 Å². The van der Waals surface area contributed by atoms with Gasteiger partial charge in [0, 0.05) is 38.3 Å². The minimum Gasteiger partial charge on any atom is -0.379 e. The predicted octanol–water partition coefficient (Wildman–Crippen LogP) is 1.88. The second-order valence-corrected chi connectivity index (χ2v) is 7.93. The molecule has 1 aromatic carbocycles. The van der Waals surface area contributed by atoms with Crippen LogP contribution in [0.2, 0.25) is 0 Å². The lowest BCUT2D eigenvalue weighted by Gasteiger charge is -2.31. The Bertz CT molecular complexity index is 966. The van der Waals surface area contributed by atoms with Crippen LogP contribution in [-0.2, 0) is 17.7 Å². The lowest BCUT2D eigenvalue weighted by Crippen LogP contribution is -2.41. The monoisotopic (exact) mass is 399 g/mol. The van der Waals surface area contributed by atoms with Gasteiger partial charge in [-0.25, -0.2) is 4.98 Å². The molecule has 28 heavy (non-hydrogen) atoms. The lowest BCUT2D eigenvalue weighted by molar-refractivity contribution is 0.0333. The van der Waals surface area contributed by atoms with Crippen molar-refractivity contribution in [1.29, 1.82) is 0 Å². The highest BCUT2D eigenvalue weighted by molar-refractivity contribution is 7.16. The van der Waals surface area contributed by atoms with Crippen LogP contribution >= 0.6 is 11.3 Å². The summed E-state index contributed by atoms with van der Waals surface area (Å²) >= 11 is 1.48. The maximum absolute atomic E-state index is 12.4. The van der Waals surface area contributed by atoms with Crippen molar-refractivity contribution in [2.45, 2.75) is 25.9 Å². The summed E-state index contributed by atoms with van der Waals surface area (Å²) in [7, 11) is 0. The molecule has 1 N–H and O–H groups in total. The molecule has 3 heterocycles. The zero-order valence-electron chi connectivity index (χ0n) is 16.0. The summed E-state index contributed by atoms with van der Waals surface area (Å²) in [5.41, 5.74) is 1.86. The molecule has 0 spiro atoms. The number of benzene rings is 1. The summed E-state index contributed by atoms with van der Waals surface area (Å²) in [6, 6.07) is 12.2. The maximum atomic E-state index is 12.4. The number of morpholine rings is 1. The van der Waals surface area contributed by atoms with Crippen molar-refractivity contribution in [3.63, 3.8) is 0 Å². The molecule has 0 aliphatic carbocycles. The van der Waals surface area contributed by atoms with Crippen molar-refractivity contribution >= 4 is 16.3 Å². The van der Waals surface area contributed by atoms with Crippen LogP contribution in [0.1, 0.15) is 29.2 Å². The standard InChI is InChI=1S/C20H25N5O2S/c1-2-18-23-25-19(26)12-16(22-20(25)28-18)13-21-17(15-6-4-3-5-7-15)14-24-8-10-27-11-9-24/h3-7,12,17,21H,2,8-11,13-14H2,1H3. The molecule has 1 aliphatic heterocycles. The van der Waals surface area contributed by atoms with Gasteiger partial charge in [-0.15, -0.1) is 0 Å². The zero-order valence-corrected chi connectivity index (χ0v) is 16.8. The van der Waals surface area contributed by atoms with Crippen molar-refractivity contribution in [3.8, 4) is 0 Å². The Morgan fingerprint density at radius 1 is 1.25 bits per heavy atom. The molecule has 3 aromatic rings. The number of aromatic nitrogens is 3. The molecule has 0 saturated carbocycles. The summed E-state index contributed by atoms with van der Waals surface area (Å²) < 4.78 is 6.87. The zero-order chi connectivity index (χ0) is 19.3. The van der Waals surface area contributed by atoms with Crippen LogP contribution in [0.4, 0.5) is 0 Å². The number of hydrogen-bond donors (Lipinski definition) is 1. The highest BCUT2D eigenvalue weighted by Crippen LogP contribution is 2.17. The van der Waals surface area contributed by atoms with Gasteiger partial charge < -0.3 is 10.1 Å². The number of ether oxygens (including phenoxy) is 1. The second kappa shape index (κ2) is 8.91. The first-order chi connectivity index (χ1) is 13.7. The van der Waals surface area contributed by atoms with Gasteiger partial charge in [0.05, 0.1) is 18.9 Å². The molecule has 7 nitrogen and oxygen atoms in total. The van der Waals surface area contributed by atoms with E-state index in [1.807, 2.05) is 13.0 Å². The Morgan fingerprint density at radius 2 is 2.04 bits per heavy atom. The highest BCUT2D eigenvalue weighted by Gasteiger charge is 2.18. The van der Waals surface area contributed by atoms with E-state index in [9.17, 15) is 4.79 Å². The average Bonchev–Trinajstić information content (AvgIpc) is 3.16. The van der Waals surface area contributed by atoms with Crippen molar-refractivity contribution in [2.75, 3.05) is 32.8 Å². The highest BCUT2D eigenvalue weighted by atomic mass is 32.1. The van der Waals surface area contributed by atoms with Crippen LogP contribution in [0.3, 0.4) is 0 Å². The third-order valence-electron chi connectivity index (χ3n) is 4.92. The largest absolute Gasteiger partial charge is 0.379 e. The van der Waals surface area contributed by atoms with E-state index in [2.05, 4.69) is 44.6 Å². The van der Waals surface area contributed by atoms with Crippen LogP contribution in [0.5, 0.6) is 0 Å². The summed E-state index contributed by atoms with van der Waals surface area (Å²) in [5, 5.41) is 8.84. The number of rotatable bonds is 7. The van der Waals surface area contributed by atoms with E-state index >= 15 is 0 Å². The van der Waals surface area contributed by atoms with E-state index in [-0.39, 0.29) is 11.6 Å². The number of fused-ring (bicyclic) bond motifs is 1. The first-order valence-electron chi connectivity index (χ1n) is 9.70. The first-order valence-corrected chi connectivity index (χ1v) is 10.5.